The van der Waals surface area contributed by atoms with Crippen LogP contribution in [0.15, 0.2) is 18.3 Å². The molecular formula is C16H27N3O3S. The Labute approximate surface area is 139 Å². The Morgan fingerprint density at radius 2 is 1.91 bits per heavy atom. The summed E-state index contributed by atoms with van der Waals surface area (Å²) in [7, 11) is -1.74. The van der Waals surface area contributed by atoms with Crippen molar-refractivity contribution in [2.45, 2.75) is 27.2 Å². The van der Waals surface area contributed by atoms with Gasteiger partial charge in [0.05, 0.1) is 30.9 Å². The molecule has 1 aromatic heterocycles. The summed E-state index contributed by atoms with van der Waals surface area (Å²) in [5.74, 6) is 0.996. The van der Waals surface area contributed by atoms with E-state index in [1.54, 1.807) is 13.2 Å². The predicted octanol–water partition coefficient (Wildman–Crippen LogP) is 2.12. The quantitative estimate of drug-likeness (QED) is 0.821. The Morgan fingerprint density at radius 3 is 2.43 bits per heavy atom. The number of aromatic nitrogens is 1. The average molecular weight is 341 g/mol. The number of nitrogens with zero attached hydrogens (tertiary/aromatic N) is 3. The van der Waals surface area contributed by atoms with Crippen molar-refractivity contribution in [2.24, 2.45) is 5.41 Å². The van der Waals surface area contributed by atoms with Crippen LogP contribution in [0.2, 0.25) is 0 Å². The fourth-order valence-electron chi connectivity index (χ4n) is 2.28. The second-order valence-electron chi connectivity index (χ2n) is 7.07. The molecule has 130 valence electrons. The first-order valence-corrected chi connectivity index (χ1v) is 9.55. The lowest BCUT2D eigenvalue weighted by molar-refractivity contribution is 0.122. The van der Waals surface area contributed by atoms with Gasteiger partial charge in [0.25, 0.3) is 0 Å². The molecule has 1 saturated heterocycles. The molecule has 2 rings (SSSR count). The highest BCUT2D eigenvalue weighted by molar-refractivity contribution is 7.92. The van der Waals surface area contributed by atoms with E-state index in [1.807, 2.05) is 32.9 Å². The van der Waals surface area contributed by atoms with Gasteiger partial charge in [0.2, 0.25) is 10.0 Å². The minimum absolute atomic E-state index is 0.00759. The number of hydrogen-bond acceptors (Lipinski definition) is 5. The molecule has 0 saturated carbocycles. The van der Waals surface area contributed by atoms with Gasteiger partial charge >= 0.3 is 0 Å². The van der Waals surface area contributed by atoms with Crippen molar-refractivity contribution in [2.75, 3.05) is 48.3 Å². The number of rotatable bonds is 5. The van der Waals surface area contributed by atoms with Crippen LogP contribution < -0.4 is 9.21 Å². The molecule has 0 atom stereocenters. The van der Waals surface area contributed by atoms with Crippen molar-refractivity contribution < 1.29 is 13.2 Å². The molecule has 1 aromatic rings. The van der Waals surface area contributed by atoms with Crippen molar-refractivity contribution in [1.82, 2.24) is 4.98 Å². The van der Waals surface area contributed by atoms with Crippen LogP contribution in [0, 0.1) is 5.41 Å². The Hall–Kier alpha value is -1.34. The number of sulfonamides is 1. The second-order valence-corrected chi connectivity index (χ2v) is 9.19. The predicted molar refractivity (Wildman–Crippen MR) is 93.5 cm³/mol. The minimum atomic E-state index is -3.32. The van der Waals surface area contributed by atoms with Crippen molar-refractivity contribution in [3.05, 3.63) is 18.3 Å². The summed E-state index contributed by atoms with van der Waals surface area (Å²) in [5.41, 5.74) is 0.586. The molecule has 0 spiro atoms. The van der Waals surface area contributed by atoms with E-state index in [-0.39, 0.29) is 11.2 Å². The normalized spacial score (nSPS) is 16.4. The summed E-state index contributed by atoms with van der Waals surface area (Å²) in [6.45, 7) is 9.15. The van der Waals surface area contributed by atoms with Crippen molar-refractivity contribution in [3.8, 4) is 0 Å². The Kier molecular flexibility index (Phi) is 5.52. The van der Waals surface area contributed by atoms with Crippen LogP contribution in [0.4, 0.5) is 11.5 Å². The molecular weight excluding hydrogens is 314 g/mol. The fourth-order valence-corrected chi connectivity index (χ4v) is 3.85. The Balaban J connectivity index is 2.05. The van der Waals surface area contributed by atoms with E-state index in [4.69, 9.17) is 4.74 Å². The zero-order valence-electron chi connectivity index (χ0n) is 14.4. The molecule has 6 nitrogen and oxygen atoms in total. The highest BCUT2D eigenvalue weighted by atomic mass is 32.2. The molecule has 0 amide bonds. The standard InChI is InChI=1S/C16H27N3O3S/c1-16(2,3)7-12-23(20,21)18(4)14-5-6-15(17-13-14)19-8-10-22-11-9-19/h5-6,13H,7-12H2,1-4H3. The van der Waals surface area contributed by atoms with Crippen molar-refractivity contribution in [1.29, 1.82) is 0 Å². The lowest BCUT2D eigenvalue weighted by Gasteiger charge is -2.28. The van der Waals surface area contributed by atoms with Gasteiger partial charge in [-0.05, 0) is 24.0 Å². The van der Waals surface area contributed by atoms with Gasteiger partial charge in [-0.3, -0.25) is 4.31 Å². The molecule has 0 N–H and O–H groups in total. The van der Waals surface area contributed by atoms with Crippen LogP contribution in [0.1, 0.15) is 27.2 Å². The molecule has 7 heteroatoms. The van der Waals surface area contributed by atoms with Crippen LogP contribution in [-0.2, 0) is 14.8 Å². The molecule has 0 unspecified atom stereocenters. The Morgan fingerprint density at radius 1 is 1.26 bits per heavy atom. The van der Waals surface area contributed by atoms with E-state index >= 15 is 0 Å². The topological polar surface area (TPSA) is 62.7 Å². The van der Waals surface area contributed by atoms with Gasteiger partial charge in [-0.25, -0.2) is 13.4 Å². The first kappa shape index (κ1) is 18.0. The monoisotopic (exact) mass is 341 g/mol. The van der Waals surface area contributed by atoms with E-state index in [1.165, 1.54) is 4.31 Å². The first-order chi connectivity index (χ1) is 10.7. The van der Waals surface area contributed by atoms with Crippen LogP contribution in [0.5, 0.6) is 0 Å². The summed E-state index contributed by atoms with van der Waals surface area (Å²) in [6, 6.07) is 3.68. The smallest absolute Gasteiger partial charge is 0.234 e. The van der Waals surface area contributed by atoms with Gasteiger partial charge in [0.1, 0.15) is 5.82 Å². The van der Waals surface area contributed by atoms with E-state index in [9.17, 15) is 8.42 Å². The maximum Gasteiger partial charge on any atom is 0.234 e. The summed E-state index contributed by atoms with van der Waals surface area (Å²) in [4.78, 5) is 6.55. The highest BCUT2D eigenvalue weighted by Crippen LogP contribution is 2.23. The Bertz CT molecular complexity index is 602. The summed E-state index contributed by atoms with van der Waals surface area (Å²) >= 11 is 0. The number of hydrogen-bond donors (Lipinski definition) is 0. The molecule has 1 fully saturated rings. The van der Waals surface area contributed by atoms with Gasteiger partial charge in [0.15, 0.2) is 0 Å². The lowest BCUT2D eigenvalue weighted by Crippen LogP contribution is -2.36. The van der Waals surface area contributed by atoms with Gasteiger partial charge < -0.3 is 9.64 Å². The molecule has 23 heavy (non-hydrogen) atoms. The number of morpholine rings is 1. The number of ether oxygens (including phenoxy) is 1. The van der Waals surface area contributed by atoms with E-state index in [2.05, 4.69) is 9.88 Å². The number of anilines is 2. The van der Waals surface area contributed by atoms with Crippen molar-refractivity contribution in [3.63, 3.8) is 0 Å². The third kappa shape index (κ3) is 5.07. The first-order valence-electron chi connectivity index (χ1n) is 7.94. The molecule has 1 aliphatic rings. The molecule has 0 aliphatic carbocycles. The summed E-state index contributed by atoms with van der Waals surface area (Å²) in [6.07, 6.45) is 2.25. The minimum Gasteiger partial charge on any atom is -0.378 e. The second kappa shape index (κ2) is 7.05. The van der Waals surface area contributed by atoms with Crippen LogP contribution in [0.3, 0.4) is 0 Å². The van der Waals surface area contributed by atoms with Gasteiger partial charge in [-0.2, -0.15) is 0 Å². The third-order valence-electron chi connectivity index (χ3n) is 3.96. The maximum atomic E-state index is 12.4. The molecule has 0 radical (unpaired) electrons. The summed E-state index contributed by atoms with van der Waals surface area (Å²) < 4.78 is 31.5. The molecule has 2 heterocycles. The van der Waals surface area contributed by atoms with Gasteiger partial charge in [0, 0.05) is 20.1 Å². The van der Waals surface area contributed by atoms with Gasteiger partial charge in [-0.1, -0.05) is 20.8 Å². The highest BCUT2D eigenvalue weighted by Gasteiger charge is 2.22. The van der Waals surface area contributed by atoms with Crippen LogP contribution in [-0.4, -0.2) is 52.5 Å². The molecule has 0 aromatic carbocycles. The number of pyridine rings is 1. The zero-order chi connectivity index (χ0) is 17.1. The van der Waals surface area contributed by atoms with Gasteiger partial charge in [-0.15, -0.1) is 0 Å². The average Bonchev–Trinajstić information content (AvgIpc) is 2.53. The zero-order valence-corrected chi connectivity index (χ0v) is 15.3. The SMILES string of the molecule is CN(c1ccc(N2CCOCC2)nc1)S(=O)(=O)CCC(C)(C)C. The van der Waals surface area contributed by atoms with Crippen LogP contribution >= 0.6 is 0 Å². The fraction of sp³-hybridized carbons (Fsp3) is 0.688. The van der Waals surface area contributed by atoms with E-state index < -0.39 is 10.0 Å². The van der Waals surface area contributed by atoms with E-state index in [0.717, 1.165) is 18.9 Å². The third-order valence-corrected chi connectivity index (χ3v) is 5.72. The lowest BCUT2D eigenvalue weighted by atomic mass is 9.94. The van der Waals surface area contributed by atoms with Crippen LogP contribution in [0.25, 0.3) is 0 Å². The summed E-state index contributed by atoms with van der Waals surface area (Å²) in [5, 5.41) is 0. The maximum absolute atomic E-state index is 12.4. The molecule has 0 bridgehead atoms. The molecule has 1 aliphatic heterocycles. The van der Waals surface area contributed by atoms with Crippen molar-refractivity contribution >= 4 is 21.5 Å². The van der Waals surface area contributed by atoms with E-state index in [0.29, 0.717) is 25.3 Å². The largest absolute Gasteiger partial charge is 0.378 e.